The molecule has 47 heavy (non-hydrogen) atoms. The highest BCUT2D eigenvalue weighted by atomic mass is 32.2. The fourth-order valence-electron chi connectivity index (χ4n) is 6.85. The number of ketones is 1. The molecule has 0 spiro atoms. The number of imide groups is 1. The first-order chi connectivity index (χ1) is 22.5. The van der Waals surface area contributed by atoms with Crippen molar-refractivity contribution in [3.05, 3.63) is 46.8 Å². The molecule has 3 unspecified atom stereocenters. The van der Waals surface area contributed by atoms with Crippen molar-refractivity contribution in [2.75, 3.05) is 31.1 Å². The van der Waals surface area contributed by atoms with Crippen LogP contribution in [0.4, 0.5) is 5.69 Å². The maximum absolute atomic E-state index is 12.4. The number of anilines is 1. The van der Waals surface area contributed by atoms with Crippen LogP contribution < -0.4 is 10.3 Å². The Morgan fingerprint density at radius 2 is 1.85 bits per heavy atom. The van der Waals surface area contributed by atoms with Crippen molar-refractivity contribution in [2.45, 2.75) is 83.8 Å². The number of allylic oxidation sites excluding steroid dienone is 1. The van der Waals surface area contributed by atoms with Gasteiger partial charge in [-0.05, 0) is 63.6 Å². The Morgan fingerprint density at radius 1 is 1.13 bits per heavy atom. The first kappa shape index (κ1) is 34.4. The molecule has 2 aliphatic heterocycles. The number of fused-ring (bicyclic) bond motifs is 2. The molecule has 2 fully saturated rings. The fourth-order valence-corrected chi connectivity index (χ4v) is 8.17. The van der Waals surface area contributed by atoms with Crippen LogP contribution in [-0.4, -0.2) is 71.9 Å². The van der Waals surface area contributed by atoms with Crippen molar-refractivity contribution in [2.24, 2.45) is 10.9 Å². The molecule has 3 atom stereocenters. The molecular formula is C35H44N4O7S. The summed E-state index contributed by atoms with van der Waals surface area (Å²) in [5, 5.41) is -0.343. The highest BCUT2D eigenvalue weighted by Crippen LogP contribution is 2.48. The number of unbranched alkanes of at least 4 members (excludes halogenated alkanes) is 2. The summed E-state index contributed by atoms with van der Waals surface area (Å²) in [4.78, 5) is 49.2. The van der Waals surface area contributed by atoms with E-state index < -0.39 is 21.3 Å². The average molecular weight is 665 g/mol. The van der Waals surface area contributed by atoms with Crippen LogP contribution in [0.3, 0.4) is 0 Å². The van der Waals surface area contributed by atoms with Crippen molar-refractivity contribution in [1.82, 2.24) is 9.88 Å². The average Bonchev–Trinajstić information content (AvgIpc) is 3.34. The van der Waals surface area contributed by atoms with Gasteiger partial charge in [-0.15, -0.1) is 0 Å². The predicted molar refractivity (Wildman–Crippen MR) is 181 cm³/mol. The second-order valence-corrected chi connectivity index (χ2v) is 14.1. The van der Waals surface area contributed by atoms with E-state index in [4.69, 9.17) is 14.4 Å². The molecule has 11 nitrogen and oxygen atoms in total. The van der Waals surface area contributed by atoms with Crippen LogP contribution in [0.5, 0.6) is 0 Å². The van der Waals surface area contributed by atoms with Crippen molar-refractivity contribution in [3.8, 4) is 11.5 Å². The largest absolute Gasteiger partial charge is 0.453 e. The van der Waals surface area contributed by atoms with Crippen molar-refractivity contribution < 1.29 is 31.8 Å². The quantitative estimate of drug-likeness (QED) is 0.104. The lowest BCUT2D eigenvalue weighted by Gasteiger charge is -2.42. The van der Waals surface area contributed by atoms with E-state index in [1.807, 2.05) is 50.3 Å². The first-order valence-electron chi connectivity index (χ1n) is 16.6. The van der Waals surface area contributed by atoms with Gasteiger partial charge < -0.3 is 9.32 Å². The smallest absolute Gasteiger partial charge is 0.268 e. The van der Waals surface area contributed by atoms with Crippen LogP contribution in [0.2, 0.25) is 0 Å². The van der Waals surface area contributed by atoms with Gasteiger partial charge in [0.05, 0.1) is 17.2 Å². The molecule has 0 aromatic heterocycles. The van der Waals surface area contributed by atoms with E-state index in [9.17, 15) is 27.4 Å². The topological polar surface area (TPSA) is 150 Å². The third-order valence-corrected chi connectivity index (χ3v) is 10.6. The Balaban J connectivity index is 1.47. The van der Waals surface area contributed by atoms with Gasteiger partial charge >= 0.3 is 0 Å². The molecule has 1 saturated heterocycles. The standard InChI is InChI=1S/C35H44N4O7S/c1-5-11-25-34(33-22(4)18-30(33)47(43,44)45)27(36-17-10-8-9-12-24(40)21-39-31(41)15-16-32(39)42)20-29-35(25)37-26-14-13-23(19-28(26)46-29)38(6-2)7-3/h5,11,13-14,19-20,22,30,33H,6-10,12,15-18,21H2,1-4H3,(H,43,44,45)/b11-5-,36-27?. The molecule has 1 saturated carbocycles. The lowest BCUT2D eigenvalue weighted by molar-refractivity contribution is -0.141. The Kier molecular flexibility index (Phi) is 10.6. The van der Waals surface area contributed by atoms with Crippen molar-refractivity contribution in [1.29, 1.82) is 0 Å². The van der Waals surface area contributed by atoms with Crippen LogP contribution in [0.25, 0.3) is 28.6 Å². The number of carbonyl (C=O) groups excluding carboxylic acids is 3. The van der Waals surface area contributed by atoms with Crippen molar-refractivity contribution >= 4 is 50.6 Å². The Labute approximate surface area is 275 Å². The Hall–Kier alpha value is -3.90. The third-order valence-electron chi connectivity index (χ3n) is 9.40. The van der Waals surface area contributed by atoms with Gasteiger partial charge in [-0.1, -0.05) is 25.5 Å². The van der Waals surface area contributed by atoms with Crippen LogP contribution in [-0.2, 0) is 24.5 Å². The number of hydrogen-bond acceptors (Lipinski definition) is 9. The molecule has 2 heterocycles. The zero-order valence-corrected chi connectivity index (χ0v) is 28.4. The van der Waals surface area contributed by atoms with E-state index in [0.717, 1.165) is 34.8 Å². The maximum atomic E-state index is 12.4. The summed E-state index contributed by atoms with van der Waals surface area (Å²) in [6.45, 7) is 10.0. The SMILES string of the molecule is C/C=C\c1c2nc3ccc(N(CC)CC)cc3oc-2cc(=NCCCCCC(=O)CN2C(=O)CCC2=O)c1C1C(C)CC1S(=O)(=O)O. The minimum absolute atomic E-state index is 0.00765. The molecular weight excluding hydrogens is 620 g/mol. The van der Waals surface area contributed by atoms with Crippen LogP contribution in [0.1, 0.15) is 89.7 Å². The van der Waals surface area contributed by atoms with Gasteiger partial charge in [-0.25, -0.2) is 4.98 Å². The molecule has 4 aliphatic rings. The molecule has 5 rings (SSSR count). The minimum atomic E-state index is -4.30. The van der Waals surface area contributed by atoms with E-state index >= 15 is 0 Å². The van der Waals surface area contributed by atoms with E-state index in [2.05, 4.69) is 18.7 Å². The van der Waals surface area contributed by atoms with Gasteiger partial charge in [-0.2, -0.15) is 8.42 Å². The lowest BCUT2D eigenvalue weighted by atomic mass is 9.68. The van der Waals surface area contributed by atoms with Crippen LogP contribution in [0.15, 0.2) is 39.8 Å². The van der Waals surface area contributed by atoms with Gasteiger partial charge in [-0.3, -0.25) is 28.8 Å². The number of rotatable bonds is 14. The van der Waals surface area contributed by atoms with E-state index in [0.29, 0.717) is 60.1 Å². The number of nitrogens with zero attached hydrogens (tertiary/aromatic N) is 4. The second kappa shape index (κ2) is 14.5. The number of amides is 2. The molecule has 2 amide bonds. The molecule has 1 aromatic carbocycles. The Morgan fingerprint density at radius 3 is 2.49 bits per heavy atom. The van der Waals surface area contributed by atoms with E-state index in [1.165, 1.54) is 0 Å². The van der Waals surface area contributed by atoms with Gasteiger partial charge in [0.2, 0.25) is 11.8 Å². The summed E-state index contributed by atoms with van der Waals surface area (Å²) < 4.78 is 41.4. The third kappa shape index (κ3) is 7.33. The number of likely N-dealkylation sites (tertiary alicyclic amines) is 1. The normalized spacial score (nSPS) is 20.6. The summed E-state index contributed by atoms with van der Waals surface area (Å²) in [5.41, 5.74) is 4.39. The molecule has 2 aliphatic carbocycles. The van der Waals surface area contributed by atoms with Crippen molar-refractivity contribution in [3.63, 3.8) is 0 Å². The predicted octanol–water partition coefficient (Wildman–Crippen LogP) is 5.37. The van der Waals surface area contributed by atoms with Crippen LogP contribution in [0, 0.1) is 5.92 Å². The zero-order valence-electron chi connectivity index (χ0n) is 27.6. The monoisotopic (exact) mass is 664 g/mol. The summed E-state index contributed by atoms with van der Waals surface area (Å²) >= 11 is 0. The lowest BCUT2D eigenvalue weighted by Crippen LogP contribution is -2.45. The highest BCUT2D eigenvalue weighted by molar-refractivity contribution is 7.86. The number of hydrogen-bond donors (Lipinski definition) is 1. The summed E-state index contributed by atoms with van der Waals surface area (Å²) in [7, 11) is -4.30. The molecule has 12 heteroatoms. The van der Waals surface area contributed by atoms with Crippen LogP contribution >= 0.6 is 0 Å². The number of aromatic nitrogens is 1. The number of carbonyl (C=O) groups is 3. The van der Waals surface area contributed by atoms with E-state index in [1.54, 1.807) is 0 Å². The van der Waals surface area contributed by atoms with Gasteiger partial charge in [0.25, 0.3) is 10.1 Å². The maximum Gasteiger partial charge on any atom is 0.268 e. The molecule has 1 N–H and O–H groups in total. The Bertz CT molecular complexity index is 1830. The van der Waals surface area contributed by atoms with Gasteiger partial charge in [0.15, 0.2) is 17.1 Å². The minimum Gasteiger partial charge on any atom is -0.453 e. The molecule has 252 valence electrons. The first-order valence-corrected chi connectivity index (χ1v) is 18.1. The highest BCUT2D eigenvalue weighted by Gasteiger charge is 2.48. The number of Topliss-reactive ketones (excluding diaryl/α,β-unsaturated/α-hetero) is 1. The zero-order chi connectivity index (χ0) is 33.9. The van der Waals surface area contributed by atoms with Gasteiger partial charge in [0, 0.05) is 68.2 Å². The molecule has 1 aromatic rings. The molecule has 0 bridgehead atoms. The summed E-state index contributed by atoms with van der Waals surface area (Å²) in [5.74, 6) is -0.679. The fraction of sp³-hybridized carbons (Fsp3) is 0.514. The summed E-state index contributed by atoms with van der Waals surface area (Å²) in [6, 6.07) is 7.76. The molecule has 0 radical (unpaired) electrons. The number of benzene rings is 2. The van der Waals surface area contributed by atoms with E-state index in [-0.39, 0.29) is 49.3 Å². The second-order valence-electron chi connectivity index (χ2n) is 12.5. The van der Waals surface area contributed by atoms with Gasteiger partial charge in [0.1, 0.15) is 11.2 Å². The summed E-state index contributed by atoms with van der Waals surface area (Å²) in [6.07, 6.45) is 6.72.